The lowest BCUT2D eigenvalue weighted by Gasteiger charge is -2.21. The van der Waals surface area contributed by atoms with Gasteiger partial charge in [-0.1, -0.05) is 11.2 Å². The molecule has 0 saturated carbocycles. The van der Waals surface area contributed by atoms with E-state index in [2.05, 4.69) is 22.3 Å². The molecule has 3 aromatic heterocycles. The molecule has 116 valence electrons. The maximum absolute atomic E-state index is 9.56. The van der Waals surface area contributed by atoms with E-state index in [1.807, 2.05) is 41.8 Å². The van der Waals surface area contributed by atoms with Gasteiger partial charge in [-0.05, 0) is 38.4 Å². The normalized spacial score (nSPS) is 18.5. The van der Waals surface area contributed by atoms with Gasteiger partial charge in [0.15, 0.2) is 5.76 Å². The summed E-state index contributed by atoms with van der Waals surface area (Å²) in [5, 5.41) is 13.6. The van der Waals surface area contributed by atoms with Crippen molar-refractivity contribution in [2.75, 3.05) is 6.54 Å². The van der Waals surface area contributed by atoms with Crippen LogP contribution >= 0.6 is 0 Å². The summed E-state index contributed by atoms with van der Waals surface area (Å²) < 4.78 is 7.50. The van der Waals surface area contributed by atoms with Gasteiger partial charge in [0.2, 0.25) is 0 Å². The van der Waals surface area contributed by atoms with Crippen LogP contribution in [-0.4, -0.2) is 21.0 Å². The van der Waals surface area contributed by atoms with Crippen LogP contribution in [-0.2, 0) is 6.54 Å². The van der Waals surface area contributed by atoms with Crippen molar-refractivity contribution in [1.82, 2.24) is 14.5 Å². The number of likely N-dealkylation sites (tertiary alicyclic amines) is 1. The quantitative estimate of drug-likeness (QED) is 0.743. The van der Waals surface area contributed by atoms with Crippen LogP contribution < -0.4 is 0 Å². The van der Waals surface area contributed by atoms with Crippen LogP contribution in [0.4, 0.5) is 0 Å². The van der Waals surface area contributed by atoms with Crippen LogP contribution in [0.5, 0.6) is 0 Å². The van der Waals surface area contributed by atoms with Crippen molar-refractivity contribution in [3.05, 3.63) is 59.2 Å². The highest BCUT2D eigenvalue weighted by atomic mass is 16.5. The summed E-state index contributed by atoms with van der Waals surface area (Å²) in [6.45, 7) is 3.72. The molecule has 1 unspecified atom stereocenters. The number of aromatic nitrogens is 2. The molecule has 1 saturated heterocycles. The molecule has 0 aliphatic carbocycles. The Bertz CT molecular complexity index is 886. The lowest BCUT2D eigenvalue weighted by atomic mass is 10.1. The van der Waals surface area contributed by atoms with Crippen molar-refractivity contribution < 1.29 is 4.52 Å². The molecule has 3 aromatic rings. The number of hydrogen-bond acceptors (Lipinski definition) is 4. The van der Waals surface area contributed by atoms with E-state index in [4.69, 9.17) is 4.52 Å². The van der Waals surface area contributed by atoms with Crippen LogP contribution in [0, 0.1) is 18.3 Å². The van der Waals surface area contributed by atoms with Crippen molar-refractivity contribution in [2.24, 2.45) is 0 Å². The molecule has 5 nitrogen and oxygen atoms in total. The molecule has 0 N–H and O–H groups in total. The van der Waals surface area contributed by atoms with Crippen molar-refractivity contribution in [1.29, 1.82) is 5.26 Å². The molecular weight excluding hydrogens is 288 g/mol. The lowest BCUT2D eigenvalue weighted by Crippen LogP contribution is -2.22. The average molecular weight is 306 g/mol. The van der Waals surface area contributed by atoms with E-state index < -0.39 is 0 Å². The highest BCUT2D eigenvalue weighted by Crippen LogP contribution is 2.34. The van der Waals surface area contributed by atoms with E-state index in [1.54, 1.807) is 0 Å². The molecule has 4 heterocycles. The summed E-state index contributed by atoms with van der Waals surface area (Å²) in [4.78, 5) is 2.38. The second-order valence-corrected chi connectivity index (χ2v) is 6.13. The number of fused-ring (bicyclic) bond motifs is 1. The fraction of sp³-hybridized carbons (Fsp3) is 0.333. The molecule has 1 aliphatic heterocycles. The predicted octanol–water partition coefficient (Wildman–Crippen LogP) is 3.44. The van der Waals surface area contributed by atoms with Crippen molar-refractivity contribution in [2.45, 2.75) is 32.4 Å². The summed E-state index contributed by atoms with van der Waals surface area (Å²) in [5.41, 5.74) is 3.72. The molecule has 0 radical (unpaired) electrons. The first kappa shape index (κ1) is 14.0. The number of pyridine rings is 1. The second kappa shape index (κ2) is 5.56. The minimum Gasteiger partial charge on any atom is -0.359 e. The monoisotopic (exact) mass is 306 g/mol. The van der Waals surface area contributed by atoms with Crippen molar-refractivity contribution >= 4 is 5.52 Å². The predicted molar refractivity (Wildman–Crippen MR) is 85.7 cm³/mol. The smallest absolute Gasteiger partial charge is 0.154 e. The first-order valence-electron chi connectivity index (χ1n) is 7.92. The van der Waals surface area contributed by atoms with E-state index in [0.29, 0.717) is 0 Å². The standard InChI is InChI=1S/C18H18N4O/c1-13-9-18(23-20-13)17-6-4-8-22(17)12-14-11-21-7-3-2-5-16(21)15(14)10-19/h2-3,5,7,9,11,17H,4,6,8,12H2,1H3. The number of nitriles is 1. The van der Waals surface area contributed by atoms with Crippen LogP contribution in [0.1, 0.15) is 41.5 Å². The molecule has 1 atom stereocenters. The van der Waals surface area contributed by atoms with Crippen molar-refractivity contribution in [3.8, 4) is 6.07 Å². The number of hydrogen-bond donors (Lipinski definition) is 0. The lowest BCUT2D eigenvalue weighted by molar-refractivity contribution is 0.206. The molecular formula is C18H18N4O. The van der Waals surface area contributed by atoms with Crippen LogP contribution in [0.15, 0.2) is 41.2 Å². The molecule has 1 fully saturated rings. The van der Waals surface area contributed by atoms with Gasteiger partial charge in [0.1, 0.15) is 6.07 Å². The van der Waals surface area contributed by atoms with Gasteiger partial charge in [0.25, 0.3) is 0 Å². The van der Waals surface area contributed by atoms with Crippen molar-refractivity contribution in [3.63, 3.8) is 0 Å². The van der Waals surface area contributed by atoms with E-state index in [0.717, 1.165) is 54.0 Å². The highest BCUT2D eigenvalue weighted by Gasteiger charge is 2.30. The molecule has 4 rings (SSSR count). The fourth-order valence-electron chi connectivity index (χ4n) is 3.52. The van der Waals surface area contributed by atoms with Gasteiger partial charge in [-0.3, -0.25) is 4.90 Å². The van der Waals surface area contributed by atoms with Crippen LogP contribution in [0.25, 0.3) is 5.52 Å². The molecule has 0 amide bonds. The van der Waals surface area contributed by atoms with Gasteiger partial charge in [-0.15, -0.1) is 0 Å². The minimum atomic E-state index is 0.255. The summed E-state index contributed by atoms with van der Waals surface area (Å²) in [6, 6.07) is 10.6. The Hall–Kier alpha value is -2.58. The molecule has 5 heteroatoms. The first-order chi connectivity index (χ1) is 11.3. The Kier molecular flexibility index (Phi) is 3.40. The zero-order valence-electron chi connectivity index (χ0n) is 13.1. The third kappa shape index (κ3) is 2.41. The zero-order valence-corrected chi connectivity index (χ0v) is 13.1. The average Bonchev–Trinajstić information content (AvgIpc) is 3.25. The van der Waals surface area contributed by atoms with E-state index in [1.165, 1.54) is 0 Å². The zero-order chi connectivity index (χ0) is 15.8. The Morgan fingerprint density at radius 3 is 3.13 bits per heavy atom. The Morgan fingerprint density at radius 1 is 1.43 bits per heavy atom. The Labute approximate surface area is 134 Å². The molecule has 1 aliphatic rings. The topological polar surface area (TPSA) is 57.5 Å². The summed E-state index contributed by atoms with van der Waals surface area (Å²) in [5.74, 6) is 0.933. The van der Waals surface area contributed by atoms with E-state index in [-0.39, 0.29) is 6.04 Å². The largest absolute Gasteiger partial charge is 0.359 e. The Balaban J connectivity index is 1.66. The van der Waals surface area contributed by atoms with Gasteiger partial charge in [-0.25, -0.2) is 0 Å². The van der Waals surface area contributed by atoms with Gasteiger partial charge >= 0.3 is 0 Å². The maximum Gasteiger partial charge on any atom is 0.154 e. The molecule has 0 spiro atoms. The molecule has 23 heavy (non-hydrogen) atoms. The summed E-state index contributed by atoms with van der Waals surface area (Å²) in [7, 11) is 0. The molecule has 0 bridgehead atoms. The number of aryl methyl sites for hydroxylation is 1. The van der Waals surface area contributed by atoms with Gasteiger partial charge in [-0.2, -0.15) is 5.26 Å². The summed E-state index contributed by atoms with van der Waals surface area (Å²) in [6.07, 6.45) is 6.26. The Morgan fingerprint density at radius 2 is 2.35 bits per heavy atom. The first-order valence-corrected chi connectivity index (χ1v) is 7.92. The fourth-order valence-corrected chi connectivity index (χ4v) is 3.52. The van der Waals surface area contributed by atoms with E-state index in [9.17, 15) is 5.26 Å². The van der Waals surface area contributed by atoms with E-state index >= 15 is 0 Å². The van der Waals surface area contributed by atoms with Crippen LogP contribution in [0.2, 0.25) is 0 Å². The SMILES string of the molecule is Cc1cc(C2CCCN2Cc2cn3ccccc3c2C#N)on1. The molecule has 0 aromatic carbocycles. The second-order valence-electron chi connectivity index (χ2n) is 6.13. The highest BCUT2D eigenvalue weighted by molar-refractivity contribution is 5.65. The van der Waals surface area contributed by atoms with Crippen LogP contribution in [0.3, 0.4) is 0 Å². The third-order valence-electron chi connectivity index (χ3n) is 4.59. The van der Waals surface area contributed by atoms with Gasteiger partial charge in [0, 0.05) is 30.6 Å². The third-order valence-corrected chi connectivity index (χ3v) is 4.59. The van der Waals surface area contributed by atoms with Gasteiger partial charge < -0.3 is 8.92 Å². The number of nitrogens with zero attached hydrogens (tertiary/aromatic N) is 4. The van der Waals surface area contributed by atoms with Gasteiger partial charge in [0.05, 0.1) is 22.8 Å². The number of rotatable bonds is 3. The maximum atomic E-state index is 9.56. The summed E-state index contributed by atoms with van der Waals surface area (Å²) >= 11 is 0. The minimum absolute atomic E-state index is 0.255.